The van der Waals surface area contributed by atoms with Gasteiger partial charge in [0, 0.05) is 36.5 Å². The molecule has 206 valence electrons. The van der Waals surface area contributed by atoms with Crippen LogP contribution in [0.3, 0.4) is 0 Å². The number of rotatable bonds is 11. The van der Waals surface area contributed by atoms with Gasteiger partial charge in [-0.25, -0.2) is 9.67 Å². The Kier molecular flexibility index (Phi) is 8.73. The summed E-state index contributed by atoms with van der Waals surface area (Å²) in [6, 6.07) is 24.2. The molecule has 2 aromatic heterocycles. The van der Waals surface area contributed by atoms with Gasteiger partial charge in [0.1, 0.15) is 17.5 Å². The first-order chi connectivity index (χ1) is 19.9. The first kappa shape index (κ1) is 28.0. The Bertz CT molecular complexity index is 1700. The van der Waals surface area contributed by atoms with Gasteiger partial charge in [0.15, 0.2) is 5.69 Å². The number of aryl methyl sites for hydroxylation is 2. The van der Waals surface area contributed by atoms with E-state index in [-0.39, 0.29) is 22.9 Å². The standard InChI is InChI=1S/C31H27ClN6O2S/c1-20-7-9-21(10-8-20)30(40)29-24(19-33)31(38(37-29)23-13-11-22(32)12-14-23)35-18-4-17-34-27(39)15-16-28-36-25-5-2-3-6-26(25)41-28/h2-3,5-14,35H,4,15-18H2,1H3,(H,34,39). The predicted molar refractivity (Wildman–Crippen MR) is 162 cm³/mol. The molecule has 0 radical (unpaired) electrons. The van der Waals surface area contributed by atoms with Crippen LogP contribution in [0.4, 0.5) is 5.82 Å². The van der Waals surface area contributed by atoms with Crippen LogP contribution in [0.5, 0.6) is 0 Å². The zero-order valence-corrected chi connectivity index (χ0v) is 23.9. The highest BCUT2D eigenvalue weighted by molar-refractivity contribution is 7.18. The number of nitrogens with zero attached hydrogens (tertiary/aromatic N) is 4. The number of nitriles is 1. The van der Waals surface area contributed by atoms with E-state index in [4.69, 9.17) is 11.6 Å². The minimum absolute atomic E-state index is 0.0424. The van der Waals surface area contributed by atoms with E-state index in [9.17, 15) is 14.9 Å². The molecule has 0 atom stereocenters. The maximum Gasteiger partial charge on any atom is 0.220 e. The number of nitrogens with one attached hydrogen (secondary N) is 2. The van der Waals surface area contributed by atoms with Gasteiger partial charge in [0.2, 0.25) is 11.7 Å². The third kappa shape index (κ3) is 6.62. The van der Waals surface area contributed by atoms with Crippen molar-refractivity contribution in [2.24, 2.45) is 0 Å². The van der Waals surface area contributed by atoms with Crippen LogP contribution < -0.4 is 10.6 Å². The summed E-state index contributed by atoms with van der Waals surface area (Å²) in [5.74, 6) is 0.0318. The molecule has 0 aliphatic rings. The Morgan fingerprint density at radius 2 is 1.78 bits per heavy atom. The van der Waals surface area contributed by atoms with Gasteiger partial charge in [0.05, 0.1) is 20.9 Å². The van der Waals surface area contributed by atoms with E-state index in [1.807, 2.05) is 43.3 Å². The number of ketones is 1. The lowest BCUT2D eigenvalue weighted by atomic mass is 10.0. The van der Waals surface area contributed by atoms with Crippen molar-refractivity contribution in [3.05, 3.63) is 105 Å². The average molecular weight is 583 g/mol. The summed E-state index contributed by atoms with van der Waals surface area (Å²) >= 11 is 7.68. The average Bonchev–Trinajstić information content (AvgIpc) is 3.57. The normalized spacial score (nSPS) is 10.9. The van der Waals surface area contributed by atoms with Gasteiger partial charge < -0.3 is 10.6 Å². The van der Waals surface area contributed by atoms with E-state index >= 15 is 0 Å². The lowest BCUT2D eigenvalue weighted by molar-refractivity contribution is -0.121. The number of hydrogen-bond donors (Lipinski definition) is 2. The summed E-state index contributed by atoms with van der Waals surface area (Å²) in [4.78, 5) is 30.3. The Hall–Kier alpha value is -4.52. The zero-order chi connectivity index (χ0) is 28.8. The van der Waals surface area contributed by atoms with Gasteiger partial charge >= 0.3 is 0 Å². The quantitative estimate of drug-likeness (QED) is 0.144. The SMILES string of the molecule is Cc1ccc(C(=O)c2nn(-c3ccc(Cl)cc3)c(NCCCNC(=O)CCc3nc4ccccc4s3)c2C#N)cc1. The molecule has 3 aromatic carbocycles. The number of fused-ring (bicyclic) bond motifs is 1. The molecule has 1 amide bonds. The number of carbonyl (C=O) groups is 2. The first-order valence-electron chi connectivity index (χ1n) is 13.2. The summed E-state index contributed by atoms with van der Waals surface area (Å²) in [7, 11) is 0. The van der Waals surface area contributed by atoms with Crippen LogP contribution in [0.25, 0.3) is 15.9 Å². The van der Waals surface area contributed by atoms with Crippen molar-refractivity contribution in [2.75, 3.05) is 18.4 Å². The van der Waals surface area contributed by atoms with E-state index in [1.165, 1.54) is 0 Å². The van der Waals surface area contributed by atoms with Crippen LogP contribution in [0.15, 0.2) is 72.8 Å². The predicted octanol–water partition coefficient (Wildman–Crippen LogP) is 6.10. The van der Waals surface area contributed by atoms with Gasteiger partial charge in [-0.1, -0.05) is 53.6 Å². The molecule has 41 heavy (non-hydrogen) atoms. The van der Waals surface area contributed by atoms with Crippen LogP contribution in [0.1, 0.15) is 45.0 Å². The first-order valence-corrected chi connectivity index (χ1v) is 14.4. The molecular formula is C31H27ClN6O2S. The van der Waals surface area contributed by atoms with Crippen molar-refractivity contribution < 1.29 is 9.59 Å². The fraction of sp³-hybridized carbons (Fsp3) is 0.194. The van der Waals surface area contributed by atoms with Gasteiger partial charge in [-0.15, -0.1) is 11.3 Å². The molecule has 2 N–H and O–H groups in total. The molecule has 0 bridgehead atoms. The minimum Gasteiger partial charge on any atom is -0.369 e. The highest BCUT2D eigenvalue weighted by atomic mass is 35.5. The molecule has 0 fully saturated rings. The number of aromatic nitrogens is 3. The molecule has 8 nitrogen and oxygen atoms in total. The van der Waals surface area contributed by atoms with E-state index in [1.54, 1.807) is 52.4 Å². The number of benzene rings is 3. The van der Waals surface area contributed by atoms with E-state index in [0.717, 1.165) is 20.8 Å². The third-order valence-electron chi connectivity index (χ3n) is 6.47. The monoisotopic (exact) mass is 582 g/mol. The maximum absolute atomic E-state index is 13.3. The Morgan fingerprint density at radius 3 is 2.51 bits per heavy atom. The zero-order valence-electron chi connectivity index (χ0n) is 22.4. The summed E-state index contributed by atoms with van der Waals surface area (Å²) in [6.07, 6.45) is 1.55. The number of thiazole rings is 1. The fourth-order valence-electron chi connectivity index (χ4n) is 4.32. The molecule has 10 heteroatoms. The summed E-state index contributed by atoms with van der Waals surface area (Å²) < 4.78 is 2.67. The second-order valence-corrected chi connectivity index (χ2v) is 11.0. The summed E-state index contributed by atoms with van der Waals surface area (Å²) in [5.41, 5.74) is 3.31. The molecule has 5 rings (SSSR count). The largest absolute Gasteiger partial charge is 0.369 e. The fourth-order valence-corrected chi connectivity index (χ4v) is 5.41. The highest BCUT2D eigenvalue weighted by Crippen LogP contribution is 2.26. The topological polar surface area (TPSA) is 113 Å². The molecule has 0 saturated heterocycles. The second kappa shape index (κ2) is 12.8. The van der Waals surface area contributed by atoms with Crippen LogP contribution in [0, 0.1) is 18.3 Å². The third-order valence-corrected chi connectivity index (χ3v) is 7.82. The van der Waals surface area contributed by atoms with Crippen molar-refractivity contribution in [3.63, 3.8) is 0 Å². The lowest BCUT2D eigenvalue weighted by Crippen LogP contribution is -2.26. The maximum atomic E-state index is 13.3. The molecule has 0 saturated carbocycles. The van der Waals surface area contributed by atoms with Crippen molar-refractivity contribution >= 4 is 50.7 Å². The van der Waals surface area contributed by atoms with Crippen molar-refractivity contribution in [2.45, 2.75) is 26.2 Å². The number of hydrogen-bond acceptors (Lipinski definition) is 7. The molecule has 5 aromatic rings. The van der Waals surface area contributed by atoms with Crippen molar-refractivity contribution in [1.29, 1.82) is 5.26 Å². The van der Waals surface area contributed by atoms with Crippen LogP contribution >= 0.6 is 22.9 Å². The van der Waals surface area contributed by atoms with Crippen LogP contribution in [-0.2, 0) is 11.2 Å². The molecule has 2 heterocycles. The Labute approximate surface area is 246 Å². The minimum atomic E-state index is -0.335. The Balaban J connectivity index is 1.23. The second-order valence-electron chi connectivity index (χ2n) is 9.47. The van der Waals surface area contributed by atoms with Gasteiger partial charge in [-0.2, -0.15) is 10.4 Å². The number of para-hydroxylation sites is 1. The number of anilines is 1. The van der Waals surface area contributed by atoms with Gasteiger partial charge in [0.25, 0.3) is 0 Å². The summed E-state index contributed by atoms with van der Waals surface area (Å²) in [5, 5.41) is 22.3. The summed E-state index contributed by atoms with van der Waals surface area (Å²) in [6.45, 7) is 2.85. The van der Waals surface area contributed by atoms with Gasteiger partial charge in [-0.05, 0) is 49.7 Å². The van der Waals surface area contributed by atoms with Crippen molar-refractivity contribution in [1.82, 2.24) is 20.1 Å². The van der Waals surface area contributed by atoms with Gasteiger partial charge in [-0.3, -0.25) is 9.59 Å². The molecule has 0 aliphatic heterocycles. The Morgan fingerprint density at radius 1 is 1.02 bits per heavy atom. The van der Waals surface area contributed by atoms with Crippen LogP contribution in [-0.4, -0.2) is 39.5 Å². The highest BCUT2D eigenvalue weighted by Gasteiger charge is 2.25. The van der Waals surface area contributed by atoms with Crippen LogP contribution in [0.2, 0.25) is 5.02 Å². The lowest BCUT2D eigenvalue weighted by Gasteiger charge is -2.11. The number of halogens is 1. The molecule has 0 aliphatic carbocycles. The molecule has 0 unspecified atom stereocenters. The number of amides is 1. The van der Waals surface area contributed by atoms with E-state index < -0.39 is 0 Å². The van der Waals surface area contributed by atoms with E-state index in [0.29, 0.717) is 54.4 Å². The smallest absolute Gasteiger partial charge is 0.220 e. The number of carbonyl (C=O) groups excluding carboxylic acids is 2. The van der Waals surface area contributed by atoms with E-state index in [2.05, 4.69) is 26.8 Å². The van der Waals surface area contributed by atoms with Crippen molar-refractivity contribution in [3.8, 4) is 11.8 Å². The molecular weight excluding hydrogens is 556 g/mol. The molecule has 0 spiro atoms.